The average Bonchev–Trinajstić information content (AvgIpc) is 2.93. The van der Waals surface area contributed by atoms with Crippen molar-refractivity contribution in [1.82, 2.24) is 5.32 Å². The normalized spacial score (nSPS) is 24.9. The van der Waals surface area contributed by atoms with Gasteiger partial charge < -0.3 is 14.5 Å². The van der Waals surface area contributed by atoms with Crippen molar-refractivity contribution in [3.05, 3.63) is 24.2 Å². The summed E-state index contributed by atoms with van der Waals surface area (Å²) in [6, 6.07) is 4.78. The number of ether oxygens (including phenoxy) is 1. The molecule has 2 atom stereocenters. The van der Waals surface area contributed by atoms with Crippen LogP contribution in [-0.2, 0) is 4.74 Å². The van der Waals surface area contributed by atoms with E-state index in [4.69, 9.17) is 9.15 Å². The van der Waals surface area contributed by atoms with Gasteiger partial charge in [0.2, 0.25) is 0 Å². The molecule has 102 valence electrons. The molecule has 0 bridgehead atoms. The Hall–Kier alpha value is -0.800. The van der Waals surface area contributed by atoms with E-state index in [9.17, 15) is 0 Å². The number of rotatable bonds is 5. The molecule has 3 nitrogen and oxygen atoms in total. The summed E-state index contributed by atoms with van der Waals surface area (Å²) in [5, 5.41) is 3.67. The molecule has 0 radical (unpaired) electrons. The summed E-state index contributed by atoms with van der Waals surface area (Å²) in [5.74, 6) is 1.01. The molecule has 2 heterocycles. The predicted octanol–water partition coefficient (Wildman–Crippen LogP) is 3.67. The number of hydrogen-bond donors (Lipinski definition) is 1. The van der Waals surface area contributed by atoms with E-state index >= 15 is 0 Å². The topological polar surface area (TPSA) is 34.4 Å². The summed E-state index contributed by atoms with van der Waals surface area (Å²) in [6.07, 6.45) is 6.12. The van der Waals surface area contributed by atoms with Gasteiger partial charge in [0.05, 0.1) is 17.9 Å². The molecular formula is C15H25NO2. The van der Waals surface area contributed by atoms with Crippen molar-refractivity contribution in [3.63, 3.8) is 0 Å². The number of furan rings is 1. The van der Waals surface area contributed by atoms with Crippen LogP contribution in [0.1, 0.15) is 58.3 Å². The van der Waals surface area contributed by atoms with Gasteiger partial charge >= 0.3 is 0 Å². The quantitative estimate of drug-likeness (QED) is 0.867. The molecular weight excluding hydrogens is 226 g/mol. The molecule has 3 heteroatoms. The molecule has 0 spiro atoms. The zero-order valence-electron chi connectivity index (χ0n) is 11.7. The Bertz CT molecular complexity index is 343. The third-order valence-corrected chi connectivity index (χ3v) is 4.24. The molecule has 1 fully saturated rings. The van der Waals surface area contributed by atoms with Gasteiger partial charge in [-0.15, -0.1) is 0 Å². The predicted molar refractivity (Wildman–Crippen MR) is 72.5 cm³/mol. The van der Waals surface area contributed by atoms with Crippen LogP contribution in [0.3, 0.4) is 0 Å². The summed E-state index contributed by atoms with van der Waals surface area (Å²) in [5.41, 5.74) is 0.0821. The highest BCUT2D eigenvalue weighted by molar-refractivity contribution is 5.04. The SMILES string of the molecule is CCC1(CC)CC(NC(C)c2ccco2)CCO1. The van der Waals surface area contributed by atoms with Crippen LogP contribution in [0, 0.1) is 0 Å². The van der Waals surface area contributed by atoms with Crippen molar-refractivity contribution in [3.8, 4) is 0 Å². The Morgan fingerprint density at radius 2 is 2.22 bits per heavy atom. The van der Waals surface area contributed by atoms with Crippen molar-refractivity contribution < 1.29 is 9.15 Å². The van der Waals surface area contributed by atoms with Gasteiger partial charge in [-0.05, 0) is 44.7 Å². The maximum Gasteiger partial charge on any atom is 0.120 e. The van der Waals surface area contributed by atoms with Crippen molar-refractivity contribution in [2.75, 3.05) is 6.61 Å². The first-order valence-electron chi connectivity index (χ1n) is 7.12. The lowest BCUT2D eigenvalue weighted by Crippen LogP contribution is -2.47. The van der Waals surface area contributed by atoms with E-state index in [1.165, 1.54) is 0 Å². The zero-order valence-corrected chi connectivity index (χ0v) is 11.7. The molecule has 1 saturated heterocycles. The van der Waals surface area contributed by atoms with Gasteiger partial charge in [0.15, 0.2) is 0 Å². The van der Waals surface area contributed by atoms with E-state index in [0.29, 0.717) is 6.04 Å². The Labute approximate surface area is 110 Å². The summed E-state index contributed by atoms with van der Waals surface area (Å²) >= 11 is 0. The monoisotopic (exact) mass is 251 g/mol. The van der Waals surface area contributed by atoms with Crippen molar-refractivity contribution >= 4 is 0 Å². The molecule has 1 aliphatic heterocycles. The second-order valence-electron chi connectivity index (χ2n) is 5.33. The molecule has 0 saturated carbocycles. The van der Waals surface area contributed by atoms with Crippen molar-refractivity contribution in [2.24, 2.45) is 0 Å². The van der Waals surface area contributed by atoms with Gasteiger partial charge in [-0.2, -0.15) is 0 Å². The van der Waals surface area contributed by atoms with Gasteiger partial charge in [-0.1, -0.05) is 13.8 Å². The summed E-state index contributed by atoms with van der Waals surface area (Å²) in [4.78, 5) is 0. The Balaban J connectivity index is 1.93. The van der Waals surface area contributed by atoms with E-state index in [2.05, 4.69) is 26.1 Å². The molecule has 0 amide bonds. The third kappa shape index (κ3) is 2.96. The third-order valence-electron chi connectivity index (χ3n) is 4.24. The minimum absolute atomic E-state index is 0.0821. The molecule has 2 unspecified atom stereocenters. The Morgan fingerprint density at radius 1 is 1.44 bits per heavy atom. The first-order valence-corrected chi connectivity index (χ1v) is 7.12. The lowest BCUT2D eigenvalue weighted by Gasteiger charge is -2.41. The lowest BCUT2D eigenvalue weighted by atomic mass is 9.85. The van der Waals surface area contributed by atoms with Crippen LogP contribution in [0.2, 0.25) is 0 Å². The fourth-order valence-corrected chi connectivity index (χ4v) is 2.89. The highest BCUT2D eigenvalue weighted by Gasteiger charge is 2.34. The first-order chi connectivity index (χ1) is 8.69. The average molecular weight is 251 g/mol. The molecule has 18 heavy (non-hydrogen) atoms. The van der Waals surface area contributed by atoms with Gasteiger partial charge in [0.1, 0.15) is 5.76 Å². The van der Waals surface area contributed by atoms with E-state index in [-0.39, 0.29) is 11.6 Å². The van der Waals surface area contributed by atoms with E-state index in [1.807, 2.05) is 12.1 Å². The molecule has 1 aromatic heterocycles. The number of hydrogen-bond acceptors (Lipinski definition) is 3. The van der Waals surface area contributed by atoms with Gasteiger partial charge in [-0.25, -0.2) is 0 Å². The smallest absolute Gasteiger partial charge is 0.120 e. The highest BCUT2D eigenvalue weighted by Crippen LogP contribution is 2.32. The lowest BCUT2D eigenvalue weighted by molar-refractivity contribution is -0.0941. The van der Waals surface area contributed by atoms with Crippen LogP contribution in [0.4, 0.5) is 0 Å². The molecule has 0 aliphatic carbocycles. The molecule has 1 aliphatic rings. The zero-order chi connectivity index (χ0) is 13.0. The number of nitrogens with one attached hydrogen (secondary N) is 1. The minimum atomic E-state index is 0.0821. The Kier molecular flexibility index (Phi) is 4.46. The fourth-order valence-electron chi connectivity index (χ4n) is 2.89. The maximum atomic E-state index is 6.00. The molecule has 2 rings (SSSR count). The largest absolute Gasteiger partial charge is 0.468 e. The summed E-state index contributed by atoms with van der Waals surface area (Å²) in [7, 11) is 0. The van der Waals surface area contributed by atoms with Crippen molar-refractivity contribution in [2.45, 2.75) is 64.1 Å². The minimum Gasteiger partial charge on any atom is -0.468 e. The first kappa shape index (κ1) is 13.6. The van der Waals surface area contributed by atoms with E-state index in [1.54, 1.807) is 6.26 Å². The highest BCUT2D eigenvalue weighted by atomic mass is 16.5. The summed E-state index contributed by atoms with van der Waals surface area (Å²) < 4.78 is 11.5. The van der Waals surface area contributed by atoms with Crippen LogP contribution in [0.5, 0.6) is 0 Å². The van der Waals surface area contributed by atoms with Gasteiger partial charge in [0, 0.05) is 12.6 Å². The molecule has 1 aromatic rings. The maximum absolute atomic E-state index is 6.00. The fraction of sp³-hybridized carbons (Fsp3) is 0.733. The van der Waals surface area contributed by atoms with E-state index in [0.717, 1.165) is 38.1 Å². The van der Waals surface area contributed by atoms with Crippen LogP contribution in [0.25, 0.3) is 0 Å². The van der Waals surface area contributed by atoms with Crippen molar-refractivity contribution in [1.29, 1.82) is 0 Å². The van der Waals surface area contributed by atoms with Gasteiger partial charge in [0.25, 0.3) is 0 Å². The van der Waals surface area contributed by atoms with Crippen LogP contribution in [-0.4, -0.2) is 18.2 Å². The van der Waals surface area contributed by atoms with Crippen LogP contribution in [0.15, 0.2) is 22.8 Å². The second kappa shape index (κ2) is 5.89. The van der Waals surface area contributed by atoms with Crippen LogP contribution < -0.4 is 5.32 Å². The summed E-state index contributed by atoms with van der Waals surface area (Å²) in [6.45, 7) is 7.47. The standard InChI is InChI=1S/C15H25NO2/c1-4-15(5-2)11-13(8-10-18-15)16-12(3)14-7-6-9-17-14/h6-7,9,12-13,16H,4-5,8,10-11H2,1-3H3. The Morgan fingerprint density at radius 3 is 2.83 bits per heavy atom. The van der Waals surface area contributed by atoms with Crippen LogP contribution >= 0.6 is 0 Å². The van der Waals surface area contributed by atoms with Gasteiger partial charge in [-0.3, -0.25) is 0 Å². The molecule has 0 aromatic carbocycles. The van der Waals surface area contributed by atoms with E-state index < -0.39 is 0 Å². The second-order valence-corrected chi connectivity index (χ2v) is 5.33. The molecule has 1 N–H and O–H groups in total.